The van der Waals surface area contributed by atoms with Gasteiger partial charge in [0.2, 0.25) is 0 Å². The summed E-state index contributed by atoms with van der Waals surface area (Å²) in [6.07, 6.45) is 6.70. The normalized spacial score (nSPS) is 13.4. The quantitative estimate of drug-likeness (QED) is 0.550. The molecule has 5 rings (SSSR count). The van der Waals surface area contributed by atoms with E-state index in [1.54, 1.807) is 25.5 Å². The van der Waals surface area contributed by atoms with Crippen molar-refractivity contribution in [2.75, 3.05) is 5.32 Å². The number of anilines is 1. The number of pyridine rings is 2. The summed E-state index contributed by atoms with van der Waals surface area (Å²) in [7, 11) is 1.72. The zero-order chi connectivity index (χ0) is 20.8. The highest BCUT2D eigenvalue weighted by molar-refractivity contribution is 6.02. The smallest absolute Gasteiger partial charge is 0.277 e. The van der Waals surface area contributed by atoms with Crippen LogP contribution in [0.4, 0.5) is 5.82 Å². The summed E-state index contributed by atoms with van der Waals surface area (Å²) in [5, 5.41) is 8.11. The number of hydrogen-bond acceptors (Lipinski definition) is 4. The van der Waals surface area contributed by atoms with Gasteiger partial charge in [-0.15, -0.1) is 0 Å². The van der Waals surface area contributed by atoms with Crippen molar-refractivity contribution in [1.82, 2.24) is 24.3 Å². The van der Waals surface area contributed by atoms with E-state index < -0.39 is 0 Å². The van der Waals surface area contributed by atoms with Crippen molar-refractivity contribution in [3.05, 3.63) is 64.0 Å². The first kappa shape index (κ1) is 18.4. The molecular weight excluding hydrogens is 380 g/mol. The molecule has 2 N–H and O–H groups in total. The maximum absolute atomic E-state index is 12.8. The minimum atomic E-state index is -0.272. The number of fused-ring (bicyclic) bond motifs is 2. The first-order valence-electron chi connectivity index (χ1n) is 10.0. The van der Waals surface area contributed by atoms with Gasteiger partial charge in [0.05, 0.1) is 5.69 Å². The van der Waals surface area contributed by atoms with E-state index in [1.165, 1.54) is 4.57 Å². The fourth-order valence-corrected chi connectivity index (χ4v) is 4.04. The fraction of sp³-hybridized carbons (Fsp3) is 0.273. The maximum Gasteiger partial charge on any atom is 0.277 e. The number of rotatable bonds is 3. The van der Waals surface area contributed by atoms with Gasteiger partial charge >= 0.3 is 0 Å². The largest absolute Gasteiger partial charge is 0.357 e. The number of aromatic nitrogens is 5. The molecule has 1 amide bonds. The molecule has 0 bridgehead atoms. The Labute approximate surface area is 172 Å². The maximum atomic E-state index is 12.8. The van der Waals surface area contributed by atoms with Crippen LogP contribution in [0.5, 0.6) is 0 Å². The Bertz CT molecular complexity index is 1320. The average Bonchev–Trinajstić information content (AvgIpc) is 3.39. The van der Waals surface area contributed by atoms with Crippen LogP contribution in [0.3, 0.4) is 0 Å². The highest BCUT2D eigenvalue weighted by Gasteiger charge is 2.18. The number of carbonyl (C=O) groups is 1. The third-order valence-electron chi connectivity index (χ3n) is 5.64. The topological polar surface area (TPSA) is 97.6 Å². The van der Waals surface area contributed by atoms with Crippen molar-refractivity contribution in [3.63, 3.8) is 0 Å². The number of carbonyl (C=O) groups excluding carboxylic acids is 1. The van der Waals surface area contributed by atoms with E-state index in [1.807, 2.05) is 29.8 Å². The zero-order valence-electron chi connectivity index (χ0n) is 16.9. The molecule has 0 fully saturated rings. The molecule has 8 nitrogen and oxygen atoms in total. The SMILES string of the molecule is Cc1ccc(NC(=O)c2cc3n(n2)CCCC3)nc1-c1cn(C)c(=O)c2[nH]ccc12. The first-order valence-corrected chi connectivity index (χ1v) is 10.0. The lowest BCUT2D eigenvalue weighted by atomic mass is 10.0. The summed E-state index contributed by atoms with van der Waals surface area (Å²) in [4.78, 5) is 32.8. The number of H-pyrrole nitrogens is 1. The van der Waals surface area contributed by atoms with Crippen LogP contribution >= 0.6 is 0 Å². The minimum Gasteiger partial charge on any atom is -0.357 e. The van der Waals surface area contributed by atoms with Gasteiger partial charge in [-0.05, 0) is 49.9 Å². The summed E-state index contributed by atoms with van der Waals surface area (Å²) in [5.41, 5.74) is 4.46. The third kappa shape index (κ3) is 3.01. The molecule has 5 heterocycles. The van der Waals surface area contributed by atoms with Gasteiger partial charge in [0.1, 0.15) is 11.3 Å². The second-order valence-corrected chi connectivity index (χ2v) is 7.74. The highest BCUT2D eigenvalue weighted by Crippen LogP contribution is 2.28. The van der Waals surface area contributed by atoms with E-state index >= 15 is 0 Å². The molecule has 1 aliphatic heterocycles. The number of nitrogens with one attached hydrogen (secondary N) is 2. The molecular formula is C22H22N6O2. The third-order valence-corrected chi connectivity index (χ3v) is 5.64. The molecule has 152 valence electrons. The highest BCUT2D eigenvalue weighted by atomic mass is 16.2. The van der Waals surface area contributed by atoms with Crippen molar-refractivity contribution >= 4 is 22.6 Å². The van der Waals surface area contributed by atoms with E-state index in [0.717, 1.165) is 53.7 Å². The van der Waals surface area contributed by atoms with Gasteiger partial charge in [0.15, 0.2) is 5.69 Å². The first-order chi connectivity index (χ1) is 14.5. The van der Waals surface area contributed by atoms with Crippen LogP contribution < -0.4 is 10.9 Å². The van der Waals surface area contributed by atoms with Crippen molar-refractivity contribution in [3.8, 4) is 11.3 Å². The van der Waals surface area contributed by atoms with Gasteiger partial charge in [-0.1, -0.05) is 6.07 Å². The Hall–Kier alpha value is -3.68. The zero-order valence-corrected chi connectivity index (χ0v) is 16.9. The molecule has 1 aliphatic rings. The standard InChI is InChI=1S/C22H22N6O2/c1-13-6-7-18(25-21(29)17-11-14-5-3-4-10-28(14)26-17)24-19(13)16-12-27(2)22(30)20-15(16)8-9-23-20/h6-9,11-12,23H,3-5,10H2,1-2H3,(H,24,25,29). The van der Waals surface area contributed by atoms with Crippen LogP contribution in [-0.2, 0) is 20.0 Å². The van der Waals surface area contributed by atoms with Gasteiger partial charge < -0.3 is 14.9 Å². The van der Waals surface area contributed by atoms with Crippen LogP contribution in [0, 0.1) is 6.92 Å². The summed E-state index contributed by atoms with van der Waals surface area (Å²) in [6.45, 7) is 2.82. The molecule has 8 heteroatoms. The summed E-state index contributed by atoms with van der Waals surface area (Å²) in [5.74, 6) is 0.176. The molecule has 30 heavy (non-hydrogen) atoms. The summed E-state index contributed by atoms with van der Waals surface area (Å²) < 4.78 is 3.45. The molecule has 0 saturated carbocycles. The van der Waals surface area contributed by atoms with E-state index in [-0.39, 0.29) is 11.5 Å². The van der Waals surface area contributed by atoms with E-state index in [4.69, 9.17) is 4.98 Å². The number of hydrogen-bond donors (Lipinski definition) is 2. The molecule has 0 aromatic carbocycles. The lowest BCUT2D eigenvalue weighted by Gasteiger charge is -2.12. The Morgan fingerprint density at radius 2 is 2.10 bits per heavy atom. The predicted octanol–water partition coefficient (Wildman–Crippen LogP) is 3.02. The van der Waals surface area contributed by atoms with Crippen LogP contribution in [0.15, 0.2) is 41.5 Å². The van der Waals surface area contributed by atoms with Crippen molar-refractivity contribution in [2.45, 2.75) is 32.7 Å². The molecule has 0 aliphatic carbocycles. The van der Waals surface area contributed by atoms with Crippen LogP contribution in [-0.4, -0.2) is 30.2 Å². The second kappa shape index (κ2) is 6.98. The second-order valence-electron chi connectivity index (χ2n) is 7.74. The minimum absolute atomic E-state index is 0.0930. The van der Waals surface area contributed by atoms with E-state index in [2.05, 4.69) is 15.4 Å². The van der Waals surface area contributed by atoms with Crippen LogP contribution in [0.25, 0.3) is 22.2 Å². The molecule has 0 saturated heterocycles. The van der Waals surface area contributed by atoms with Crippen LogP contribution in [0.1, 0.15) is 34.6 Å². The number of nitrogens with zero attached hydrogens (tertiary/aromatic N) is 4. The summed E-state index contributed by atoms with van der Waals surface area (Å²) in [6, 6.07) is 7.43. The molecule has 0 spiro atoms. The fourth-order valence-electron chi connectivity index (χ4n) is 4.04. The van der Waals surface area contributed by atoms with Gasteiger partial charge in [0.25, 0.3) is 11.5 Å². The Morgan fingerprint density at radius 1 is 1.23 bits per heavy atom. The Morgan fingerprint density at radius 3 is 2.93 bits per heavy atom. The predicted molar refractivity (Wildman–Crippen MR) is 115 cm³/mol. The summed E-state index contributed by atoms with van der Waals surface area (Å²) >= 11 is 0. The van der Waals surface area contributed by atoms with Crippen LogP contribution in [0.2, 0.25) is 0 Å². The van der Waals surface area contributed by atoms with Crippen molar-refractivity contribution in [1.29, 1.82) is 0 Å². The number of aromatic amines is 1. The van der Waals surface area contributed by atoms with Gasteiger partial charge in [-0.25, -0.2) is 4.98 Å². The van der Waals surface area contributed by atoms with Gasteiger partial charge in [-0.3, -0.25) is 14.3 Å². The lowest BCUT2D eigenvalue weighted by Crippen LogP contribution is -2.17. The molecule has 4 aromatic rings. The Balaban J connectivity index is 1.51. The van der Waals surface area contributed by atoms with Gasteiger partial charge in [-0.2, -0.15) is 5.10 Å². The number of amides is 1. The molecule has 0 radical (unpaired) electrons. The molecule has 0 atom stereocenters. The van der Waals surface area contributed by atoms with Crippen molar-refractivity contribution in [2.24, 2.45) is 7.05 Å². The average molecular weight is 402 g/mol. The van der Waals surface area contributed by atoms with Crippen molar-refractivity contribution < 1.29 is 4.79 Å². The van der Waals surface area contributed by atoms with E-state index in [0.29, 0.717) is 17.0 Å². The molecule has 0 unspecified atom stereocenters. The Kier molecular flexibility index (Phi) is 4.27. The lowest BCUT2D eigenvalue weighted by molar-refractivity contribution is 0.102. The van der Waals surface area contributed by atoms with Gasteiger partial charge in [0, 0.05) is 42.6 Å². The number of aryl methyl sites for hydroxylation is 4. The monoisotopic (exact) mass is 402 g/mol. The van der Waals surface area contributed by atoms with E-state index in [9.17, 15) is 9.59 Å². The molecule has 4 aromatic heterocycles.